The van der Waals surface area contributed by atoms with Crippen molar-refractivity contribution >= 4 is 17.5 Å². The van der Waals surface area contributed by atoms with Gasteiger partial charge in [-0.3, -0.25) is 20.2 Å². The van der Waals surface area contributed by atoms with Crippen LogP contribution in [0, 0.1) is 20.2 Å². The van der Waals surface area contributed by atoms with Gasteiger partial charge in [0.2, 0.25) is 5.75 Å². The molecule has 0 saturated carbocycles. The molecular formula is C20H14F16N2O7. The van der Waals surface area contributed by atoms with E-state index < -0.39 is 99.1 Å². The molecule has 0 aliphatic rings. The highest BCUT2D eigenvalue weighted by molar-refractivity contribution is 5.70. The number of non-ortho nitro benzene ring substituents is 1. The first-order valence-corrected chi connectivity index (χ1v) is 11.1. The maximum Gasteiger partial charge on any atom is 0.514 e. The largest absolute Gasteiger partial charge is 0.514 e. The molecule has 25 heteroatoms. The Hall–Kier alpha value is -3.83. The number of carbonyl (C=O) groups excluding carboxylic acids is 1. The Bertz CT molecular complexity index is 1310. The molecule has 0 saturated heterocycles. The molecule has 1 atom stereocenters. The van der Waals surface area contributed by atoms with E-state index in [9.17, 15) is 95.3 Å². The lowest BCUT2D eigenvalue weighted by Gasteiger charge is -2.42. The fourth-order valence-electron chi connectivity index (χ4n) is 3.08. The summed E-state index contributed by atoms with van der Waals surface area (Å²) in [6.45, 7) is -1.06. The summed E-state index contributed by atoms with van der Waals surface area (Å²) >= 11 is 0. The molecule has 0 amide bonds. The van der Waals surface area contributed by atoms with Gasteiger partial charge in [-0.25, -0.2) is 13.6 Å². The van der Waals surface area contributed by atoms with Crippen LogP contribution in [0.3, 0.4) is 0 Å². The molecule has 1 unspecified atom stereocenters. The van der Waals surface area contributed by atoms with Crippen molar-refractivity contribution in [2.75, 3.05) is 6.61 Å². The van der Waals surface area contributed by atoms with Crippen LogP contribution in [0.2, 0.25) is 0 Å². The molecule has 0 fully saturated rings. The molecule has 0 bridgehead atoms. The van der Waals surface area contributed by atoms with Crippen LogP contribution < -0.4 is 4.74 Å². The van der Waals surface area contributed by atoms with Crippen LogP contribution >= 0.6 is 0 Å². The molecule has 258 valence electrons. The highest BCUT2D eigenvalue weighted by Crippen LogP contribution is 2.62. The van der Waals surface area contributed by atoms with E-state index in [0.717, 1.165) is 0 Å². The standard InChI is InChI=1S/C20H14F16N2O7/c1-3-7(2)9-4-8(37(40)41)5-10(38(42)43)11(9)45-13(39)44-6-14(23,24)16(27,28)18(31,32)20(35,36)19(33,34)17(29,30)15(25,26)12(21)22/h4-5,7,12H,3,6H2,1-2H3. The van der Waals surface area contributed by atoms with Gasteiger partial charge in [0.15, 0.2) is 6.61 Å². The third kappa shape index (κ3) is 6.33. The number of hydrogen-bond acceptors (Lipinski definition) is 7. The first-order valence-electron chi connectivity index (χ1n) is 11.1. The maximum absolute atomic E-state index is 14.0. The van der Waals surface area contributed by atoms with Crippen molar-refractivity contribution < 1.29 is 94.4 Å². The molecule has 0 radical (unpaired) electrons. The molecule has 0 N–H and O–H groups in total. The highest BCUT2D eigenvalue weighted by atomic mass is 19.4. The van der Waals surface area contributed by atoms with Crippen molar-refractivity contribution in [2.45, 2.75) is 74.1 Å². The first kappa shape index (κ1) is 39.2. The zero-order valence-electron chi connectivity index (χ0n) is 21.5. The van der Waals surface area contributed by atoms with Gasteiger partial charge in [0, 0.05) is 11.6 Å². The summed E-state index contributed by atoms with van der Waals surface area (Å²) in [7, 11) is 0. The summed E-state index contributed by atoms with van der Waals surface area (Å²) in [6, 6.07) is 0.677. The van der Waals surface area contributed by atoms with Crippen LogP contribution in [0.15, 0.2) is 12.1 Å². The second-order valence-electron chi connectivity index (χ2n) is 8.85. The highest BCUT2D eigenvalue weighted by Gasteiger charge is 2.93. The molecule has 1 aromatic carbocycles. The van der Waals surface area contributed by atoms with Gasteiger partial charge in [0.1, 0.15) is 0 Å². The predicted octanol–water partition coefficient (Wildman–Crippen LogP) is 8.24. The van der Waals surface area contributed by atoms with Crippen molar-refractivity contribution in [3.8, 4) is 5.75 Å². The normalized spacial score (nSPS) is 14.7. The van der Waals surface area contributed by atoms with E-state index in [1.165, 1.54) is 13.8 Å². The fraction of sp³-hybridized carbons (Fsp3) is 0.650. The smallest absolute Gasteiger partial charge is 0.427 e. The van der Waals surface area contributed by atoms with E-state index in [4.69, 9.17) is 0 Å². The molecular weight excluding hydrogens is 684 g/mol. The number of nitrogens with zero attached hydrogens (tertiary/aromatic N) is 2. The van der Waals surface area contributed by atoms with Crippen LogP contribution in [0.1, 0.15) is 31.7 Å². The molecule has 1 aromatic rings. The fourth-order valence-corrected chi connectivity index (χ4v) is 3.08. The summed E-state index contributed by atoms with van der Waals surface area (Å²) in [5.74, 6) is -59.1. The van der Waals surface area contributed by atoms with Crippen LogP contribution in [0.5, 0.6) is 5.75 Å². The quantitative estimate of drug-likeness (QED) is 0.0631. The molecule has 0 spiro atoms. The van der Waals surface area contributed by atoms with Gasteiger partial charge in [0.25, 0.3) is 5.69 Å². The van der Waals surface area contributed by atoms with Crippen molar-refractivity contribution in [3.05, 3.63) is 37.9 Å². The Morgan fingerprint density at radius 3 is 1.62 bits per heavy atom. The van der Waals surface area contributed by atoms with Gasteiger partial charge < -0.3 is 9.47 Å². The Morgan fingerprint density at radius 2 is 1.22 bits per heavy atom. The van der Waals surface area contributed by atoms with E-state index >= 15 is 0 Å². The summed E-state index contributed by atoms with van der Waals surface area (Å²) in [5, 5.41) is 22.4. The Labute approximate surface area is 237 Å². The van der Waals surface area contributed by atoms with Gasteiger partial charge in [-0.1, -0.05) is 13.8 Å². The Balaban J connectivity index is 3.49. The van der Waals surface area contributed by atoms with Crippen molar-refractivity contribution in [1.82, 2.24) is 0 Å². The van der Waals surface area contributed by atoms with Crippen LogP contribution in [-0.2, 0) is 4.74 Å². The number of nitro groups is 2. The molecule has 0 aromatic heterocycles. The molecule has 45 heavy (non-hydrogen) atoms. The minimum Gasteiger partial charge on any atom is -0.427 e. The van der Waals surface area contributed by atoms with E-state index in [-0.39, 0.29) is 12.5 Å². The summed E-state index contributed by atoms with van der Waals surface area (Å²) in [5.41, 5.74) is -3.09. The number of alkyl halides is 16. The second-order valence-corrected chi connectivity index (χ2v) is 8.85. The lowest BCUT2D eigenvalue weighted by Crippen LogP contribution is -2.74. The monoisotopic (exact) mass is 698 g/mol. The van der Waals surface area contributed by atoms with Gasteiger partial charge in [-0.05, 0) is 12.3 Å². The lowest BCUT2D eigenvalue weighted by molar-refractivity contribution is -0.447. The SMILES string of the molecule is CCC(C)c1cc([N+](=O)[O-])cc([N+](=O)[O-])c1OC(=O)OCC(F)(F)C(F)(F)C(F)(F)C(F)(F)C(F)(F)C(F)(F)C(F)(F)C(F)F. The number of ether oxygens (including phenoxy) is 2. The number of carbonyl (C=O) groups is 1. The number of nitro benzene ring substituents is 2. The zero-order chi connectivity index (χ0) is 35.9. The minimum atomic E-state index is -8.67. The third-order valence-electron chi connectivity index (χ3n) is 5.92. The number of hydrogen-bond donors (Lipinski definition) is 0. The van der Waals surface area contributed by atoms with Gasteiger partial charge in [-0.15, -0.1) is 0 Å². The van der Waals surface area contributed by atoms with E-state index in [0.29, 0.717) is 6.07 Å². The van der Waals surface area contributed by atoms with E-state index in [1.54, 1.807) is 0 Å². The number of benzene rings is 1. The molecule has 1 rings (SSSR count). The van der Waals surface area contributed by atoms with Crippen LogP contribution in [0.4, 0.5) is 86.4 Å². The zero-order valence-corrected chi connectivity index (χ0v) is 21.5. The molecule has 0 aliphatic carbocycles. The minimum absolute atomic E-state index is 0.0513. The van der Waals surface area contributed by atoms with Crippen LogP contribution in [0.25, 0.3) is 0 Å². The summed E-state index contributed by atoms with van der Waals surface area (Å²) < 4.78 is 222. The Kier molecular flexibility index (Phi) is 10.6. The summed E-state index contributed by atoms with van der Waals surface area (Å²) in [4.78, 5) is 31.6. The lowest BCUT2D eigenvalue weighted by atomic mass is 9.89. The van der Waals surface area contributed by atoms with Crippen molar-refractivity contribution in [3.63, 3.8) is 0 Å². The average Bonchev–Trinajstić information content (AvgIpc) is 2.90. The first-order chi connectivity index (χ1) is 19.9. The molecule has 9 nitrogen and oxygen atoms in total. The topological polar surface area (TPSA) is 122 Å². The summed E-state index contributed by atoms with van der Waals surface area (Å²) in [6.07, 6.45) is -8.84. The third-order valence-corrected chi connectivity index (χ3v) is 5.92. The van der Waals surface area contributed by atoms with Crippen LogP contribution in [-0.4, -0.2) is 70.5 Å². The van der Waals surface area contributed by atoms with E-state index in [1.807, 2.05) is 0 Å². The number of halogens is 16. The maximum atomic E-state index is 14.0. The molecule has 0 aliphatic heterocycles. The van der Waals surface area contributed by atoms with Gasteiger partial charge >= 0.3 is 59.7 Å². The van der Waals surface area contributed by atoms with Crippen molar-refractivity contribution in [1.29, 1.82) is 0 Å². The number of rotatable bonds is 14. The molecule has 0 heterocycles. The predicted molar refractivity (Wildman–Crippen MR) is 111 cm³/mol. The van der Waals surface area contributed by atoms with E-state index in [2.05, 4.69) is 9.47 Å². The average molecular weight is 698 g/mol. The van der Waals surface area contributed by atoms with Gasteiger partial charge in [-0.2, -0.15) is 61.5 Å². The van der Waals surface area contributed by atoms with Crippen molar-refractivity contribution in [2.24, 2.45) is 0 Å². The second kappa shape index (κ2) is 12.2. The van der Waals surface area contributed by atoms with Gasteiger partial charge in [0.05, 0.1) is 15.9 Å². The Morgan fingerprint density at radius 1 is 0.778 bits per heavy atom.